The van der Waals surface area contributed by atoms with Gasteiger partial charge in [0.2, 0.25) is 0 Å². The van der Waals surface area contributed by atoms with E-state index in [9.17, 15) is 9.59 Å². The molecule has 0 fully saturated rings. The topological polar surface area (TPSA) is 55.4 Å². The molecule has 0 unspecified atom stereocenters. The molecular formula is C16H14BrNO3. The highest BCUT2D eigenvalue weighted by molar-refractivity contribution is 9.10. The molecule has 1 amide bonds. The fourth-order valence-electron chi connectivity index (χ4n) is 1.65. The number of ether oxygens (including phenoxy) is 1. The van der Waals surface area contributed by atoms with Gasteiger partial charge < -0.3 is 10.1 Å². The van der Waals surface area contributed by atoms with E-state index < -0.39 is 5.97 Å². The lowest BCUT2D eigenvalue weighted by Crippen LogP contribution is -2.21. The van der Waals surface area contributed by atoms with Crippen molar-refractivity contribution in [3.8, 4) is 0 Å². The third kappa shape index (κ3) is 4.43. The Morgan fingerprint density at radius 1 is 1.10 bits per heavy atom. The van der Waals surface area contributed by atoms with Crippen molar-refractivity contribution < 1.29 is 14.3 Å². The van der Waals surface area contributed by atoms with E-state index in [-0.39, 0.29) is 12.5 Å². The summed E-state index contributed by atoms with van der Waals surface area (Å²) >= 11 is 3.33. The third-order valence-corrected chi connectivity index (χ3v) is 3.46. The number of para-hydroxylation sites is 1. The standard InChI is InChI=1S/C16H14BrNO3/c1-11-6-8-12(9-7-11)16(20)21-10-15(19)18-14-5-3-2-4-13(14)17/h2-9H,10H2,1H3,(H,18,19). The van der Waals surface area contributed by atoms with Gasteiger partial charge in [-0.3, -0.25) is 4.79 Å². The maximum Gasteiger partial charge on any atom is 0.338 e. The largest absolute Gasteiger partial charge is 0.452 e. The number of amides is 1. The lowest BCUT2D eigenvalue weighted by molar-refractivity contribution is -0.119. The van der Waals surface area contributed by atoms with E-state index in [1.165, 1.54) is 0 Å². The van der Waals surface area contributed by atoms with Gasteiger partial charge in [-0.1, -0.05) is 29.8 Å². The molecule has 0 saturated carbocycles. The van der Waals surface area contributed by atoms with Crippen molar-refractivity contribution in [1.82, 2.24) is 0 Å². The third-order valence-electron chi connectivity index (χ3n) is 2.77. The molecule has 0 aliphatic heterocycles. The summed E-state index contributed by atoms with van der Waals surface area (Å²) in [6, 6.07) is 14.2. The van der Waals surface area contributed by atoms with Crippen molar-refractivity contribution in [2.75, 3.05) is 11.9 Å². The van der Waals surface area contributed by atoms with Crippen LogP contribution in [0.3, 0.4) is 0 Å². The van der Waals surface area contributed by atoms with E-state index in [0.29, 0.717) is 11.3 Å². The normalized spacial score (nSPS) is 10.0. The number of aryl methyl sites for hydroxylation is 1. The maximum absolute atomic E-state index is 11.8. The quantitative estimate of drug-likeness (QED) is 0.860. The molecule has 0 bridgehead atoms. The lowest BCUT2D eigenvalue weighted by Gasteiger charge is -2.08. The van der Waals surface area contributed by atoms with Gasteiger partial charge in [-0.2, -0.15) is 0 Å². The molecule has 0 heterocycles. The molecule has 0 aliphatic rings. The van der Waals surface area contributed by atoms with Gasteiger partial charge in [-0.25, -0.2) is 4.79 Å². The van der Waals surface area contributed by atoms with Gasteiger partial charge in [0.1, 0.15) is 0 Å². The van der Waals surface area contributed by atoms with Crippen molar-refractivity contribution in [2.24, 2.45) is 0 Å². The van der Waals surface area contributed by atoms with Crippen LogP contribution in [-0.4, -0.2) is 18.5 Å². The van der Waals surface area contributed by atoms with E-state index in [0.717, 1.165) is 10.0 Å². The number of carbonyl (C=O) groups excluding carboxylic acids is 2. The second-order valence-corrected chi connectivity index (χ2v) is 5.32. The Kier molecular flexibility index (Phi) is 5.11. The molecule has 2 rings (SSSR count). The van der Waals surface area contributed by atoms with Crippen molar-refractivity contribution in [3.63, 3.8) is 0 Å². The van der Waals surface area contributed by atoms with Crippen molar-refractivity contribution in [1.29, 1.82) is 0 Å². The molecule has 0 aromatic heterocycles. The van der Waals surface area contributed by atoms with Crippen molar-refractivity contribution in [3.05, 3.63) is 64.1 Å². The molecule has 2 aromatic carbocycles. The first-order valence-corrected chi connectivity index (χ1v) is 7.14. The van der Waals surface area contributed by atoms with Gasteiger partial charge >= 0.3 is 5.97 Å². The van der Waals surface area contributed by atoms with Gasteiger partial charge in [-0.15, -0.1) is 0 Å². The lowest BCUT2D eigenvalue weighted by atomic mass is 10.1. The van der Waals surface area contributed by atoms with Crippen LogP contribution in [0.5, 0.6) is 0 Å². The summed E-state index contributed by atoms with van der Waals surface area (Å²) in [4.78, 5) is 23.5. The summed E-state index contributed by atoms with van der Waals surface area (Å²) in [7, 11) is 0. The predicted molar refractivity (Wildman–Crippen MR) is 84.2 cm³/mol. The number of esters is 1. The molecule has 0 radical (unpaired) electrons. The van der Waals surface area contributed by atoms with Crippen LogP contribution in [0.25, 0.3) is 0 Å². The summed E-state index contributed by atoms with van der Waals surface area (Å²) in [5, 5.41) is 2.66. The molecule has 21 heavy (non-hydrogen) atoms. The number of anilines is 1. The first-order chi connectivity index (χ1) is 10.1. The summed E-state index contributed by atoms with van der Waals surface area (Å²) in [5.41, 5.74) is 2.11. The Morgan fingerprint density at radius 3 is 2.43 bits per heavy atom. The Morgan fingerprint density at radius 2 is 1.76 bits per heavy atom. The fourth-order valence-corrected chi connectivity index (χ4v) is 2.04. The molecule has 0 saturated heterocycles. The Labute approximate surface area is 131 Å². The maximum atomic E-state index is 11.8. The van der Waals surface area contributed by atoms with E-state index in [1.807, 2.05) is 31.2 Å². The molecule has 4 nitrogen and oxygen atoms in total. The van der Waals surface area contributed by atoms with Gasteiger partial charge in [-0.05, 0) is 47.1 Å². The summed E-state index contributed by atoms with van der Waals surface area (Å²) in [5.74, 6) is -0.903. The van der Waals surface area contributed by atoms with Gasteiger partial charge in [0.05, 0.1) is 11.3 Å². The van der Waals surface area contributed by atoms with Gasteiger partial charge in [0.25, 0.3) is 5.91 Å². The van der Waals surface area contributed by atoms with E-state index in [2.05, 4.69) is 21.2 Å². The Balaban J connectivity index is 1.88. The number of nitrogens with one attached hydrogen (secondary N) is 1. The second-order valence-electron chi connectivity index (χ2n) is 4.47. The van der Waals surface area contributed by atoms with E-state index in [4.69, 9.17) is 4.74 Å². The van der Waals surface area contributed by atoms with Crippen LogP contribution in [0.2, 0.25) is 0 Å². The zero-order valence-electron chi connectivity index (χ0n) is 11.4. The van der Waals surface area contributed by atoms with Crippen LogP contribution in [0.15, 0.2) is 53.0 Å². The fraction of sp³-hybridized carbons (Fsp3) is 0.125. The van der Waals surface area contributed by atoms with Crippen LogP contribution in [-0.2, 0) is 9.53 Å². The number of rotatable bonds is 4. The van der Waals surface area contributed by atoms with Crippen molar-refractivity contribution >= 4 is 33.5 Å². The highest BCUT2D eigenvalue weighted by Crippen LogP contribution is 2.20. The molecule has 108 valence electrons. The van der Waals surface area contributed by atoms with Gasteiger partial charge in [0.15, 0.2) is 6.61 Å². The average Bonchev–Trinajstić information content (AvgIpc) is 2.48. The number of benzene rings is 2. The summed E-state index contributed by atoms with van der Waals surface area (Å²) in [6.07, 6.45) is 0. The first-order valence-electron chi connectivity index (χ1n) is 6.34. The Hall–Kier alpha value is -2.14. The molecule has 0 spiro atoms. The Bertz CT molecular complexity index is 653. The number of carbonyl (C=O) groups is 2. The smallest absolute Gasteiger partial charge is 0.338 e. The van der Waals surface area contributed by atoms with E-state index >= 15 is 0 Å². The average molecular weight is 348 g/mol. The zero-order chi connectivity index (χ0) is 15.2. The van der Waals surface area contributed by atoms with Crippen LogP contribution in [0.4, 0.5) is 5.69 Å². The molecular weight excluding hydrogens is 334 g/mol. The molecule has 0 aliphatic carbocycles. The monoisotopic (exact) mass is 347 g/mol. The minimum Gasteiger partial charge on any atom is -0.452 e. The second kappa shape index (κ2) is 7.04. The number of hydrogen-bond donors (Lipinski definition) is 1. The number of hydrogen-bond acceptors (Lipinski definition) is 3. The molecule has 0 atom stereocenters. The van der Waals surface area contributed by atoms with Crippen molar-refractivity contribution in [2.45, 2.75) is 6.92 Å². The summed E-state index contributed by atoms with van der Waals surface area (Å²) in [6.45, 7) is 1.61. The van der Waals surface area contributed by atoms with Crippen LogP contribution < -0.4 is 5.32 Å². The van der Waals surface area contributed by atoms with Crippen LogP contribution in [0.1, 0.15) is 15.9 Å². The highest BCUT2D eigenvalue weighted by Gasteiger charge is 2.10. The van der Waals surface area contributed by atoms with Crippen LogP contribution >= 0.6 is 15.9 Å². The molecule has 2 aromatic rings. The highest BCUT2D eigenvalue weighted by atomic mass is 79.9. The predicted octanol–water partition coefficient (Wildman–Crippen LogP) is 3.55. The molecule has 5 heteroatoms. The zero-order valence-corrected chi connectivity index (χ0v) is 13.0. The first kappa shape index (κ1) is 15.3. The summed E-state index contributed by atoms with van der Waals surface area (Å²) < 4.78 is 5.74. The van der Waals surface area contributed by atoms with E-state index in [1.54, 1.807) is 24.3 Å². The molecule has 1 N–H and O–H groups in total. The minimum atomic E-state index is -0.516. The van der Waals surface area contributed by atoms with Crippen LogP contribution in [0, 0.1) is 6.92 Å². The number of halogens is 1. The minimum absolute atomic E-state index is 0.325. The SMILES string of the molecule is Cc1ccc(C(=O)OCC(=O)Nc2ccccc2Br)cc1. The van der Waals surface area contributed by atoms with Gasteiger partial charge in [0, 0.05) is 4.47 Å².